The van der Waals surface area contributed by atoms with Gasteiger partial charge in [0.15, 0.2) is 5.43 Å². The summed E-state index contributed by atoms with van der Waals surface area (Å²) >= 11 is 0. The molecule has 0 radical (unpaired) electrons. The fourth-order valence-corrected chi connectivity index (χ4v) is 2.21. The van der Waals surface area contributed by atoms with E-state index in [0.29, 0.717) is 0 Å². The predicted octanol–water partition coefficient (Wildman–Crippen LogP) is 3.78. The topological polar surface area (TPSA) is 32.9 Å². The highest BCUT2D eigenvalue weighted by Crippen LogP contribution is 2.22. The molecule has 0 aliphatic rings. The van der Waals surface area contributed by atoms with Gasteiger partial charge in [0.05, 0.1) is 5.52 Å². The van der Waals surface area contributed by atoms with E-state index < -0.39 is 0 Å². The molecule has 2 heteroatoms. The molecule has 0 spiro atoms. The summed E-state index contributed by atoms with van der Waals surface area (Å²) in [4.78, 5) is 15.6. The molecular formula is C16H21NO. The Balaban J connectivity index is 2.76. The number of benzene rings is 1. The van der Waals surface area contributed by atoms with Crippen LogP contribution in [0.3, 0.4) is 0 Å². The fourth-order valence-electron chi connectivity index (χ4n) is 2.21. The minimum absolute atomic E-state index is 0.0350. The van der Waals surface area contributed by atoms with Crippen LogP contribution < -0.4 is 5.43 Å². The number of aryl methyl sites for hydroxylation is 1. The van der Waals surface area contributed by atoms with Crippen LogP contribution in [0.1, 0.15) is 45.4 Å². The molecule has 1 N–H and O–H groups in total. The smallest absolute Gasteiger partial charge is 0.189 e. The zero-order chi connectivity index (χ0) is 13.3. The van der Waals surface area contributed by atoms with Gasteiger partial charge in [-0.05, 0) is 18.1 Å². The van der Waals surface area contributed by atoms with Crippen molar-refractivity contribution >= 4 is 10.9 Å². The van der Waals surface area contributed by atoms with Crippen molar-refractivity contribution in [3.63, 3.8) is 0 Å². The van der Waals surface area contributed by atoms with Crippen LogP contribution in [0.2, 0.25) is 0 Å². The lowest BCUT2D eigenvalue weighted by Gasteiger charge is -2.19. The summed E-state index contributed by atoms with van der Waals surface area (Å²) in [6.45, 7) is 8.51. The summed E-state index contributed by atoms with van der Waals surface area (Å²) < 4.78 is 0. The second-order valence-corrected chi connectivity index (χ2v) is 5.89. The van der Waals surface area contributed by atoms with Gasteiger partial charge < -0.3 is 4.98 Å². The number of nitrogens with one attached hydrogen (secondary N) is 1. The minimum Gasteiger partial charge on any atom is -0.358 e. The van der Waals surface area contributed by atoms with Crippen molar-refractivity contribution in [2.24, 2.45) is 0 Å². The monoisotopic (exact) mass is 243 g/mol. The van der Waals surface area contributed by atoms with Gasteiger partial charge in [-0.25, -0.2) is 0 Å². The normalized spacial score (nSPS) is 12.0. The third kappa shape index (κ3) is 2.33. The number of aromatic amines is 1. The fraction of sp³-hybridized carbons (Fsp3) is 0.438. The molecule has 0 saturated carbocycles. The number of pyridine rings is 1. The first kappa shape index (κ1) is 12.9. The first-order valence-corrected chi connectivity index (χ1v) is 6.59. The van der Waals surface area contributed by atoms with Crippen LogP contribution in [0.25, 0.3) is 10.9 Å². The zero-order valence-electron chi connectivity index (χ0n) is 11.6. The van der Waals surface area contributed by atoms with Crippen molar-refractivity contribution in [1.29, 1.82) is 0 Å². The molecule has 0 fully saturated rings. The van der Waals surface area contributed by atoms with Gasteiger partial charge in [0.25, 0.3) is 0 Å². The maximum Gasteiger partial charge on any atom is 0.189 e. The van der Waals surface area contributed by atoms with Crippen LogP contribution in [0.15, 0.2) is 29.1 Å². The van der Waals surface area contributed by atoms with E-state index in [-0.39, 0.29) is 10.8 Å². The molecule has 0 saturated heterocycles. The highest BCUT2D eigenvalue weighted by atomic mass is 16.1. The standard InChI is InChI=1S/C16H21NO/c1-5-7-11-8-6-9-12-13(18)10-14(16(2,3)4)17-15(11)12/h6,8-10H,5,7H2,1-4H3,(H,17,18). The number of aromatic nitrogens is 1. The molecule has 1 aromatic heterocycles. The maximum absolute atomic E-state index is 12.2. The lowest BCUT2D eigenvalue weighted by Crippen LogP contribution is -2.18. The Hall–Kier alpha value is -1.57. The van der Waals surface area contributed by atoms with Crippen molar-refractivity contribution in [3.8, 4) is 0 Å². The molecule has 1 heterocycles. The van der Waals surface area contributed by atoms with Crippen LogP contribution in [0.4, 0.5) is 0 Å². The summed E-state index contributed by atoms with van der Waals surface area (Å²) in [5.41, 5.74) is 3.33. The van der Waals surface area contributed by atoms with Gasteiger partial charge in [-0.3, -0.25) is 4.79 Å². The molecule has 2 nitrogen and oxygen atoms in total. The summed E-state index contributed by atoms with van der Waals surface area (Å²) in [5.74, 6) is 0. The van der Waals surface area contributed by atoms with Gasteiger partial charge in [-0.2, -0.15) is 0 Å². The molecule has 96 valence electrons. The number of hydrogen-bond acceptors (Lipinski definition) is 1. The SMILES string of the molecule is CCCc1cccc2c(=O)cc(C(C)(C)C)[nH]c12. The van der Waals surface area contributed by atoms with Crippen LogP contribution >= 0.6 is 0 Å². The lowest BCUT2D eigenvalue weighted by atomic mass is 9.90. The molecule has 0 amide bonds. The number of rotatable bonds is 2. The molecule has 0 atom stereocenters. The van der Waals surface area contributed by atoms with E-state index in [0.717, 1.165) is 29.4 Å². The third-order valence-corrected chi connectivity index (χ3v) is 3.28. The van der Waals surface area contributed by atoms with E-state index in [4.69, 9.17) is 0 Å². The molecule has 0 unspecified atom stereocenters. The zero-order valence-corrected chi connectivity index (χ0v) is 11.6. The lowest BCUT2D eigenvalue weighted by molar-refractivity contribution is 0.571. The van der Waals surface area contributed by atoms with E-state index in [1.807, 2.05) is 12.1 Å². The maximum atomic E-state index is 12.2. The van der Waals surface area contributed by atoms with Crippen molar-refractivity contribution in [2.45, 2.75) is 46.0 Å². The first-order valence-electron chi connectivity index (χ1n) is 6.59. The minimum atomic E-state index is -0.0350. The van der Waals surface area contributed by atoms with Gasteiger partial charge in [0.1, 0.15) is 0 Å². The molecule has 18 heavy (non-hydrogen) atoms. The van der Waals surface area contributed by atoms with E-state index in [1.54, 1.807) is 6.07 Å². The Bertz CT molecular complexity index is 617. The van der Waals surface area contributed by atoms with Gasteiger partial charge >= 0.3 is 0 Å². The van der Waals surface area contributed by atoms with Crippen molar-refractivity contribution in [3.05, 3.63) is 45.7 Å². The number of para-hydroxylation sites is 1. The van der Waals surface area contributed by atoms with Crippen molar-refractivity contribution in [1.82, 2.24) is 4.98 Å². The van der Waals surface area contributed by atoms with Crippen LogP contribution in [-0.2, 0) is 11.8 Å². The number of fused-ring (bicyclic) bond motifs is 1. The van der Waals surface area contributed by atoms with Crippen LogP contribution in [0, 0.1) is 0 Å². The van der Waals surface area contributed by atoms with E-state index in [9.17, 15) is 4.79 Å². The largest absolute Gasteiger partial charge is 0.358 e. The second kappa shape index (κ2) is 4.60. The van der Waals surface area contributed by atoms with Gasteiger partial charge in [-0.1, -0.05) is 46.2 Å². The van der Waals surface area contributed by atoms with Crippen LogP contribution in [-0.4, -0.2) is 4.98 Å². The summed E-state index contributed by atoms with van der Waals surface area (Å²) in [5, 5.41) is 0.800. The molecule has 0 aliphatic carbocycles. The summed E-state index contributed by atoms with van der Waals surface area (Å²) in [6.07, 6.45) is 2.09. The molecule has 0 bridgehead atoms. The molecule has 1 aromatic carbocycles. The van der Waals surface area contributed by atoms with E-state index in [2.05, 4.69) is 38.7 Å². The average Bonchev–Trinajstić information content (AvgIpc) is 2.29. The Morgan fingerprint density at radius 1 is 1.22 bits per heavy atom. The summed E-state index contributed by atoms with van der Waals surface area (Å²) in [6, 6.07) is 7.71. The third-order valence-electron chi connectivity index (χ3n) is 3.28. The highest BCUT2D eigenvalue weighted by molar-refractivity contribution is 5.82. The summed E-state index contributed by atoms with van der Waals surface area (Å²) in [7, 11) is 0. The molecular weight excluding hydrogens is 222 g/mol. The Morgan fingerprint density at radius 3 is 2.56 bits per heavy atom. The van der Waals surface area contributed by atoms with Gasteiger partial charge in [-0.15, -0.1) is 0 Å². The Morgan fingerprint density at radius 2 is 1.94 bits per heavy atom. The quantitative estimate of drug-likeness (QED) is 0.855. The van der Waals surface area contributed by atoms with Gasteiger partial charge in [0.2, 0.25) is 0 Å². The highest BCUT2D eigenvalue weighted by Gasteiger charge is 2.16. The first-order chi connectivity index (χ1) is 8.43. The second-order valence-electron chi connectivity index (χ2n) is 5.89. The Labute approximate surface area is 108 Å². The van der Waals surface area contributed by atoms with Crippen molar-refractivity contribution in [2.75, 3.05) is 0 Å². The van der Waals surface area contributed by atoms with E-state index >= 15 is 0 Å². The molecule has 2 aromatic rings. The number of hydrogen-bond donors (Lipinski definition) is 1. The molecule has 0 aliphatic heterocycles. The number of H-pyrrole nitrogens is 1. The van der Waals surface area contributed by atoms with E-state index in [1.165, 1.54) is 5.56 Å². The van der Waals surface area contributed by atoms with Gasteiger partial charge in [0, 0.05) is 22.6 Å². The Kier molecular flexibility index (Phi) is 3.29. The van der Waals surface area contributed by atoms with Crippen LogP contribution in [0.5, 0.6) is 0 Å². The average molecular weight is 243 g/mol. The predicted molar refractivity (Wildman–Crippen MR) is 77.3 cm³/mol. The molecule has 2 rings (SSSR count). The van der Waals surface area contributed by atoms with Crippen molar-refractivity contribution < 1.29 is 0 Å².